The van der Waals surface area contributed by atoms with Gasteiger partial charge in [-0.2, -0.15) is 0 Å². The molecule has 7 rings (SSSR count). The van der Waals surface area contributed by atoms with Gasteiger partial charge < -0.3 is 5.11 Å². The molecular formula is C46H47N3O. The van der Waals surface area contributed by atoms with Gasteiger partial charge in [0.05, 0.1) is 16.9 Å². The lowest BCUT2D eigenvalue weighted by Crippen LogP contribution is -2.17. The molecule has 0 bridgehead atoms. The van der Waals surface area contributed by atoms with Gasteiger partial charge in [0, 0.05) is 39.3 Å². The van der Waals surface area contributed by atoms with Crippen molar-refractivity contribution in [2.45, 2.75) is 78.6 Å². The fraction of sp³-hybridized carbons (Fsp3) is 0.261. The van der Waals surface area contributed by atoms with E-state index in [0.717, 1.165) is 66.8 Å². The number of pyridine rings is 2. The van der Waals surface area contributed by atoms with Crippen molar-refractivity contribution in [1.82, 2.24) is 14.5 Å². The topological polar surface area (TPSA) is 50.9 Å². The predicted molar refractivity (Wildman–Crippen MR) is 210 cm³/mol. The summed E-state index contributed by atoms with van der Waals surface area (Å²) in [6.07, 6.45) is 1.92. The first-order valence-corrected chi connectivity index (χ1v) is 17.6. The predicted octanol–water partition coefficient (Wildman–Crippen LogP) is 12.2. The molecule has 0 aliphatic carbocycles. The Labute approximate surface area is 296 Å². The Hall–Kier alpha value is -5.22. The van der Waals surface area contributed by atoms with Crippen LogP contribution in [0.5, 0.6) is 5.75 Å². The molecule has 3 heterocycles. The molecule has 4 nitrogen and oxygen atoms in total. The Morgan fingerprint density at radius 2 is 1.22 bits per heavy atom. The van der Waals surface area contributed by atoms with Gasteiger partial charge in [0.1, 0.15) is 11.4 Å². The first-order chi connectivity index (χ1) is 23.6. The van der Waals surface area contributed by atoms with E-state index in [-0.39, 0.29) is 22.0 Å². The largest absolute Gasteiger partial charge is 0.507 e. The minimum Gasteiger partial charge on any atom is -0.507 e. The molecule has 0 radical (unpaired) electrons. The summed E-state index contributed by atoms with van der Waals surface area (Å²) in [7, 11) is 0. The van der Waals surface area contributed by atoms with Crippen LogP contribution in [0, 0.1) is 0 Å². The van der Waals surface area contributed by atoms with Crippen molar-refractivity contribution >= 4 is 21.9 Å². The number of aromatic nitrogens is 3. The highest BCUT2D eigenvalue weighted by atomic mass is 16.3. The zero-order valence-corrected chi connectivity index (χ0v) is 30.8. The minimum atomic E-state index is -0.244. The van der Waals surface area contributed by atoms with E-state index in [2.05, 4.69) is 176 Å². The molecule has 252 valence electrons. The van der Waals surface area contributed by atoms with Gasteiger partial charge in [0.25, 0.3) is 0 Å². The lowest BCUT2D eigenvalue weighted by molar-refractivity contribution is 0.446. The maximum atomic E-state index is 11.8. The SMILES string of the molecule is CC(C)(C)c1ccnc(-c2cc(-c3ccccc3)cc(-n3c4ccccc4c4ccc(-c5cc(C(C)(C)C)cc(C(C)(C)C)c5O)nc43)c2)c1. The zero-order valence-electron chi connectivity index (χ0n) is 30.8. The second-order valence-electron chi connectivity index (χ2n) is 16.7. The fourth-order valence-corrected chi connectivity index (χ4v) is 6.83. The smallest absolute Gasteiger partial charge is 0.146 e. The Balaban J connectivity index is 1.53. The maximum Gasteiger partial charge on any atom is 0.146 e. The van der Waals surface area contributed by atoms with Gasteiger partial charge in [-0.15, -0.1) is 0 Å². The minimum absolute atomic E-state index is 0.00653. The number of phenolic OH excluding ortho intramolecular Hbond substituents is 1. The lowest BCUT2D eigenvalue weighted by atomic mass is 9.78. The van der Waals surface area contributed by atoms with Crippen molar-refractivity contribution in [3.05, 3.63) is 132 Å². The average Bonchev–Trinajstić information content (AvgIpc) is 3.41. The summed E-state index contributed by atoms with van der Waals surface area (Å²) >= 11 is 0. The molecule has 0 aliphatic rings. The highest BCUT2D eigenvalue weighted by molar-refractivity contribution is 6.08. The van der Waals surface area contributed by atoms with Crippen molar-refractivity contribution in [3.8, 4) is 45.1 Å². The van der Waals surface area contributed by atoms with Crippen LogP contribution in [0.25, 0.3) is 61.3 Å². The number of nitrogens with zero attached hydrogens (tertiary/aromatic N) is 3. The van der Waals surface area contributed by atoms with E-state index >= 15 is 0 Å². The van der Waals surface area contributed by atoms with Crippen LogP contribution in [0.15, 0.2) is 115 Å². The molecule has 0 saturated carbocycles. The molecule has 1 N–H and O–H groups in total. The fourth-order valence-electron chi connectivity index (χ4n) is 6.83. The molecule has 4 aromatic carbocycles. The van der Waals surface area contributed by atoms with Crippen molar-refractivity contribution in [2.75, 3.05) is 0 Å². The Kier molecular flexibility index (Phi) is 7.98. The number of benzene rings is 4. The first kappa shape index (κ1) is 33.3. The molecule has 0 spiro atoms. The summed E-state index contributed by atoms with van der Waals surface area (Å²) in [6, 6.07) is 38.6. The summed E-state index contributed by atoms with van der Waals surface area (Å²) in [5.74, 6) is 0.290. The van der Waals surface area contributed by atoms with Crippen LogP contribution in [-0.4, -0.2) is 19.6 Å². The molecule has 0 unspecified atom stereocenters. The second-order valence-corrected chi connectivity index (χ2v) is 16.7. The van der Waals surface area contributed by atoms with Gasteiger partial charge in [-0.25, -0.2) is 4.98 Å². The zero-order chi connectivity index (χ0) is 35.6. The number of hydrogen-bond donors (Lipinski definition) is 1. The van der Waals surface area contributed by atoms with Crippen molar-refractivity contribution in [1.29, 1.82) is 0 Å². The third-order valence-corrected chi connectivity index (χ3v) is 9.79. The van der Waals surface area contributed by atoms with Gasteiger partial charge in [0.15, 0.2) is 0 Å². The average molecular weight is 658 g/mol. The van der Waals surface area contributed by atoms with E-state index in [1.165, 1.54) is 11.1 Å². The molecule has 0 saturated heterocycles. The number of fused-ring (bicyclic) bond motifs is 3. The number of hydrogen-bond acceptors (Lipinski definition) is 3. The standard InChI is InChI=1S/C46H47N3O/c1-44(2,3)32-21-22-47-40(28-32)31-23-30(29-15-11-10-12-16-29)24-34(25-31)49-41-18-14-13-17-35(41)36-19-20-39(48-43(36)49)37-26-33(45(4,5)6)27-38(42(37)50)46(7,8)9/h10-28,50H,1-9H3. The van der Waals surface area contributed by atoms with E-state index in [9.17, 15) is 5.11 Å². The molecule has 3 aromatic heterocycles. The van der Waals surface area contributed by atoms with Crippen LogP contribution in [0.2, 0.25) is 0 Å². The quantitative estimate of drug-likeness (QED) is 0.205. The molecule has 0 atom stereocenters. The van der Waals surface area contributed by atoms with Gasteiger partial charge in [-0.1, -0.05) is 117 Å². The Bertz CT molecular complexity index is 2380. The summed E-state index contributed by atoms with van der Waals surface area (Å²) in [5, 5.41) is 14.0. The van der Waals surface area contributed by atoms with Crippen molar-refractivity contribution in [3.63, 3.8) is 0 Å². The van der Waals surface area contributed by atoms with Gasteiger partial charge in [-0.05, 0) is 93.1 Å². The molecule has 7 aromatic rings. The van der Waals surface area contributed by atoms with Gasteiger partial charge >= 0.3 is 0 Å². The van der Waals surface area contributed by atoms with Crippen LogP contribution >= 0.6 is 0 Å². The van der Waals surface area contributed by atoms with Crippen LogP contribution in [0.1, 0.15) is 79.0 Å². The molecule has 4 heteroatoms. The third-order valence-electron chi connectivity index (χ3n) is 9.79. The van der Waals surface area contributed by atoms with Crippen LogP contribution in [0.3, 0.4) is 0 Å². The summed E-state index contributed by atoms with van der Waals surface area (Å²) < 4.78 is 2.27. The number of aromatic hydroxyl groups is 1. The summed E-state index contributed by atoms with van der Waals surface area (Å²) in [5.41, 5.74) is 11.6. The molecular weight excluding hydrogens is 611 g/mol. The van der Waals surface area contributed by atoms with Gasteiger partial charge in [-0.3, -0.25) is 9.55 Å². The van der Waals surface area contributed by atoms with Crippen LogP contribution in [-0.2, 0) is 16.2 Å². The third kappa shape index (κ3) is 6.08. The Morgan fingerprint density at radius 3 is 1.92 bits per heavy atom. The molecule has 50 heavy (non-hydrogen) atoms. The monoisotopic (exact) mass is 657 g/mol. The maximum absolute atomic E-state index is 11.8. The van der Waals surface area contributed by atoms with E-state index in [1.807, 2.05) is 6.20 Å². The van der Waals surface area contributed by atoms with Gasteiger partial charge in [0.2, 0.25) is 0 Å². The van der Waals surface area contributed by atoms with E-state index in [4.69, 9.17) is 9.97 Å². The molecule has 0 amide bonds. The van der Waals surface area contributed by atoms with Crippen LogP contribution in [0.4, 0.5) is 0 Å². The van der Waals surface area contributed by atoms with Crippen LogP contribution < -0.4 is 0 Å². The van der Waals surface area contributed by atoms with E-state index < -0.39 is 0 Å². The Morgan fingerprint density at radius 1 is 0.540 bits per heavy atom. The highest BCUT2D eigenvalue weighted by Gasteiger charge is 2.27. The summed E-state index contributed by atoms with van der Waals surface area (Å²) in [4.78, 5) is 10.3. The van der Waals surface area contributed by atoms with E-state index in [0.29, 0.717) is 0 Å². The molecule has 0 aliphatic heterocycles. The number of phenols is 1. The first-order valence-electron chi connectivity index (χ1n) is 17.6. The normalized spacial score (nSPS) is 12.6. The number of para-hydroxylation sites is 1. The van der Waals surface area contributed by atoms with Crippen molar-refractivity contribution in [2.24, 2.45) is 0 Å². The second kappa shape index (κ2) is 12.0. The van der Waals surface area contributed by atoms with E-state index in [1.54, 1.807) is 0 Å². The van der Waals surface area contributed by atoms with Crippen molar-refractivity contribution < 1.29 is 5.11 Å². The number of rotatable bonds is 4. The summed E-state index contributed by atoms with van der Waals surface area (Å²) in [6.45, 7) is 19.8. The molecule has 0 fully saturated rings. The highest BCUT2D eigenvalue weighted by Crippen LogP contribution is 2.43. The lowest BCUT2D eigenvalue weighted by Gasteiger charge is -2.27.